The van der Waals surface area contributed by atoms with Crippen LogP contribution < -0.4 is 11.1 Å². The van der Waals surface area contributed by atoms with Crippen LogP contribution in [0.1, 0.15) is 21.5 Å². The first kappa shape index (κ1) is 14.0. The highest BCUT2D eigenvalue weighted by molar-refractivity contribution is 5.92. The van der Waals surface area contributed by atoms with Gasteiger partial charge in [-0.05, 0) is 48.9 Å². The monoisotopic (exact) mass is 276 g/mol. The van der Waals surface area contributed by atoms with Gasteiger partial charge in [0.05, 0.1) is 0 Å². The predicted octanol–water partition coefficient (Wildman–Crippen LogP) is 2.98. The minimum absolute atomic E-state index is 0.135. The van der Waals surface area contributed by atoms with Crippen molar-refractivity contribution in [3.8, 4) is 0 Å². The fourth-order valence-electron chi connectivity index (χ4n) is 1.90. The summed E-state index contributed by atoms with van der Waals surface area (Å²) >= 11 is 0. The second-order valence-electron chi connectivity index (χ2n) is 4.54. The molecule has 0 aliphatic carbocycles. The van der Waals surface area contributed by atoms with Crippen molar-refractivity contribution in [3.63, 3.8) is 0 Å². The second-order valence-corrected chi connectivity index (χ2v) is 4.54. The Morgan fingerprint density at radius 3 is 2.60 bits per heavy atom. The number of carbonyl (C=O) groups is 1. The summed E-state index contributed by atoms with van der Waals surface area (Å²) in [4.78, 5) is 11.1. The fraction of sp³-hybridized carbons (Fsp3) is 0.133. The highest BCUT2D eigenvalue weighted by Gasteiger charge is 2.07. The van der Waals surface area contributed by atoms with E-state index in [2.05, 4.69) is 5.32 Å². The molecule has 0 aliphatic rings. The number of primary amides is 1. The number of nitrogens with two attached hydrogens (primary N) is 1. The van der Waals surface area contributed by atoms with Gasteiger partial charge in [0.25, 0.3) is 0 Å². The summed E-state index contributed by atoms with van der Waals surface area (Å²) in [6, 6.07) is 8.37. The van der Waals surface area contributed by atoms with Gasteiger partial charge in [-0.15, -0.1) is 0 Å². The number of carbonyl (C=O) groups excluding carboxylic acids is 1. The van der Waals surface area contributed by atoms with Crippen molar-refractivity contribution >= 4 is 11.6 Å². The van der Waals surface area contributed by atoms with Crippen molar-refractivity contribution < 1.29 is 13.6 Å². The molecule has 0 saturated heterocycles. The van der Waals surface area contributed by atoms with Gasteiger partial charge in [-0.2, -0.15) is 0 Å². The summed E-state index contributed by atoms with van der Waals surface area (Å²) in [5, 5.41) is 2.92. The summed E-state index contributed by atoms with van der Waals surface area (Å²) in [6.07, 6.45) is 0. The van der Waals surface area contributed by atoms with E-state index in [0.29, 0.717) is 11.3 Å². The van der Waals surface area contributed by atoms with Gasteiger partial charge >= 0.3 is 0 Å². The first-order valence-corrected chi connectivity index (χ1v) is 6.05. The number of halogens is 2. The molecule has 0 radical (unpaired) electrons. The molecule has 3 nitrogen and oxygen atoms in total. The lowest BCUT2D eigenvalue weighted by Gasteiger charge is -2.09. The summed E-state index contributed by atoms with van der Waals surface area (Å²) in [5.74, 6) is -1.43. The van der Waals surface area contributed by atoms with Crippen LogP contribution in [0.2, 0.25) is 0 Å². The van der Waals surface area contributed by atoms with Gasteiger partial charge in [-0.1, -0.05) is 0 Å². The molecule has 5 heteroatoms. The summed E-state index contributed by atoms with van der Waals surface area (Å²) in [6.45, 7) is 1.90. The average molecular weight is 276 g/mol. The molecule has 0 unspecified atom stereocenters. The topological polar surface area (TPSA) is 55.1 Å². The highest BCUT2D eigenvalue weighted by atomic mass is 19.1. The van der Waals surface area contributed by atoms with E-state index in [-0.39, 0.29) is 17.9 Å². The van der Waals surface area contributed by atoms with Crippen molar-refractivity contribution in [1.29, 1.82) is 0 Å². The maximum Gasteiger partial charge on any atom is 0.248 e. The van der Waals surface area contributed by atoms with Crippen molar-refractivity contribution in [2.45, 2.75) is 13.5 Å². The number of nitrogens with one attached hydrogen (secondary N) is 1. The zero-order valence-electron chi connectivity index (χ0n) is 10.9. The van der Waals surface area contributed by atoms with Crippen LogP contribution in [0, 0.1) is 18.6 Å². The Kier molecular flexibility index (Phi) is 3.98. The zero-order valence-corrected chi connectivity index (χ0v) is 10.9. The van der Waals surface area contributed by atoms with E-state index in [1.54, 1.807) is 13.0 Å². The standard InChI is InChI=1S/C15H14F2N2O/c1-9-4-12(16)7-13(5-9)19-8-11-6-10(15(18)20)2-3-14(11)17/h2-7,19H,8H2,1H3,(H2,18,20). The molecule has 0 heterocycles. The number of aryl methyl sites for hydroxylation is 1. The van der Waals surface area contributed by atoms with E-state index in [1.165, 1.54) is 30.3 Å². The van der Waals surface area contributed by atoms with Gasteiger partial charge in [0.15, 0.2) is 0 Å². The smallest absolute Gasteiger partial charge is 0.248 e. The van der Waals surface area contributed by atoms with Crippen LogP contribution in [0.4, 0.5) is 14.5 Å². The van der Waals surface area contributed by atoms with Gasteiger partial charge in [-0.25, -0.2) is 8.78 Å². The SMILES string of the molecule is Cc1cc(F)cc(NCc2cc(C(N)=O)ccc2F)c1. The highest BCUT2D eigenvalue weighted by Crippen LogP contribution is 2.16. The minimum atomic E-state index is -0.618. The molecule has 2 aromatic rings. The Morgan fingerprint density at radius 2 is 1.95 bits per heavy atom. The molecule has 0 aromatic heterocycles. The number of benzene rings is 2. The molecule has 0 spiro atoms. The molecular weight excluding hydrogens is 262 g/mol. The molecule has 0 aliphatic heterocycles. The van der Waals surface area contributed by atoms with Gasteiger partial charge in [0, 0.05) is 23.4 Å². The van der Waals surface area contributed by atoms with Crippen molar-refractivity contribution in [1.82, 2.24) is 0 Å². The van der Waals surface area contributed by atoms with E-state index in [0.717, 1.165) is 5.56 Å². The lowest BCUT2D eigenvalue weighted by Crippen LogP contribution is -2.12. The first-order chi connectivity index (χ1) is 9.45. The van der Waals surface area contributed by atoms with Gasteiger partial charge in [-0.3, -0.25) is 4.79 Å². The van der Waals surface area contributed by atoms with Crippen LogP contribution in [-0.4, -0.2) is 5.91 Å². The Morgan fingerprint density at radius 1 is 1.20 bits per heavy atom. The van der Waals surface area contributed by atoms with Gasteiger partial charge in [0.1, 0.15) is 11.6 Å². The van der Waals surface area contributed by atoms with Gasteiger partial charge in [0.2, 0.25) is 5.91 Å². The second kappa shape index (κ2) is 5.69. The third kappa shape index (κ3) is 3.32. The number of hydrogen-bond acceptors (Lipinski definition) is 2. The molecule has 20 heavy (non-hydrogen) atoms. The molecule has 0 saturated carbocycles. The van der Waals surface area contributed by atoms with E-state index in [4.69, 9.17) is 5.73 Å². The molecule has 0 bridgehead atoms. The predicted molar refractivity (Wildman–Crippen MR) is 73.4 cm³/mol. The van der Waals surface area contributed by atoms with E-state index >= 15 is 0 Å². The Balaban J connectivity index is 2.18. The Hall–Kier alpha value is -2.43. The fourth-order valence-corrected chi connectivity index (χ4v) is 1.90. The van der Waals surface area contributed by atoms with Crippen LogP contribution in [-0.2, 0) is 6.54 Å². The van der Waals surface area contributed by atoms with Crippen LogP contribution >= 0.6 is 0 Å². The van der Waals surface area contributed by atoms with E-state index in [1.807, 2.05) is 0 Å². The molecule has 0 atom stereocenters. The number of hydrogen-bond donors (Lipinski definition) is 2. The molecule has 2 aromatic carbocycles. The third-order valence-corrected chi connectivity index (χ3v) is 2.86. The van der Waals surface area contributed by atoms with Crippen LogP contribution in [0.25, 0.3) is 0 Å². The zero-order chi connectivity index (χ0) is 14.7. The number of anilines is 1. The van der Waals surface area contributed by atoms with Gasteiger partial charge < -0.3 is 11.1 Å². The molecular formula is C15H14F2N2O. The molecule has 3 N–H and O–H groups in total. The van der Waals surface area contributed by atoms with Crippen LogP contribution in [0.15, 0.2) is 36.4 Å². The maximum atomic E-state index is 13.6. The molecule has 104 valence electrons. The quantitative estimate of drug-likeness (QED) is 0.902. The van der Waals surface area contributed by atoms with E-state index < -0.39 is 11.7 Å². The summed E-state index contributed by atoms with van der Waals surface area (Å²) in [5.41, 5.74) is 6.99. The lowest BCUT2D eigenvalue weighted by molar-refractivity contribution is 0.1000. The largest absolute Gasteiger partial charge is 0.381 e. The summed E-state index contributed by atoms with van der Waals surface area (Å²) in [7, 11) is 0. The Bertz CT molecular complexity index is 636. The normalized spacial score (nSPS) is 10.3. The Labute approximate surface area is 115 Å². The molecule has 0 fully saturated rings. The third-order valence-electron chi connectivity index (χ3n) is 2.86. The molecule has 2 rings (SSSR count). The first-order valence-electron chi connectivity index (χ1n) is 6.05. The van der Waals surface area contributed by atoms with E-state index in [9.17, 15) is 13.6 Å². The van der Waals surface area contributed by atoms with Crippen molar-refractivity contribution in [2.24, 2.45) is 5.73 Å². The van der Waals surface area contributed by atoms with Crippen LogP contribution in [0.5, 0.6) is 0 Å². The van der Waals surface area contributed by atoms with Crippen LogP contribution in [0.3, 0.4) is 0 Å². The summed E-state index contributed by atoms with van der Waals surface area (Å²) < 4.78 is 26.9. The van der Waals surface area contributed by atoms with Crippen molar-refractivity contribution in [2.75, 3.05) is 5.32 Å². The average Bonchev–Trinajstić information content (AvgIpc) is 2.36. The molecule has 1 amide bonds. The number of amides is 1. The minimum Gasteiger partial charge on any atom is -0.381 e. The van der Waals surface area contributed by atoms with Crippen molar-refractivity contribution in [3.05, 3.63) is 64.7 Å². The lowest BCUT2D eigenvalue weighted by atomic mass is 10.1. The maximum absolute atomic E-state index is 13.6. The number of rotatable bonds is 4.